The molecule has 0 fully saturated rings. The Morgan fingerprint density at radius 2 is 1.95 bits per heavy atom. The molecule has 7 heteroatoms. The minimum atomic E-state index is -0.588. The molecule has 0 aromatic heterocycles. The number of thioether (sulfide) groups is 1. The fraction of sp³-hybridized carbons (Fsp3) is 0.400. The molecular weight excluding hydrogens is 300 g/mol. The van der Waals surface area contributed by atoms with Crippen LogP contribution in [0.4, 0.5) is 5.69 Å². The van der Waals surface area contributed by atoms with Crippen LogP contribution in [0.3, 0.4) is 0 Å². The van der Waals surface area contributed by atoms with Gasteiger partial charge in [-0.15, -0.1) is 11.8 Å². The maximum atomic E-state index is 12.6. The number of benzene rings is 1. The van der Waals surface area contributed by atoms with E-state index in [1.165, 1.54) is 11.8 Å². The van der Waals surface area contributed by atoms with E-state index < -0.39 is 10.7 Å². The van der Waals surface area contributed by atoms with Crippen molar-refractivity contribution in [3.8, 4) is 0 Å². The molecule has 1 aromatic rings. The average molecular weight is 320 g/mol. The number of hydrogen-bond donors (Lipinski definition) is 2. The predicted octanol–water partition coefficient (Wildman–Crippen LogP) is 1.73. The lowest BCUT2D eigenvalue weighted by molar-refractivity contribution is -0.120. The van der Waals surface area contributed by atoms with Crippen LogP contribution < -0.4 is 16.4 Å². The first-order valence-corrected chi connectivity index (χ1v) is 7.76. The summed E-state index contributed by atoms with van der Waals surface area (Å²) < 4.78 is -0.588. The molecule has 0 aliphatic carbocycles. The van der Waals surface area contributed by atoms with E-state index >= 15 is 0 Å². The maximum absolute atomic E-state index is 12.6. The van der Waals surface area contributed by atoms with Crippen molar-refractivity contribution in [2.24, 2.45) is 16.5 Å². The first-order valence-electron chi connectivity index (χ1n) is 6.94. The molecule has 0 radical (unpaired) electrons. The van der Waals surface area contributed by atoms with Crippen LogP contribution in [0, 0.1) is 0 Å². The second kappa shape index (κ2) is 5.64. The van der Waals surface area contributed by atoms with Gasteiger partial charge in [0.2, 0.25) is 5.91 Å². The van der Waals surface area contributed by atoms with Gasteiger partial charge in [0.25, 0.3) is 5.91 Å². The lowest BCUT2D eigenvalue weighted by atomic mass is 10.1. The molecule has 6 nitrogen and oxygen atoms in total. The summed E-state index contributed by atoms with van der Waals surface area (Å²) in [5.41, 5.74) is 11.7. The molecule has 118 valence electrons. The Labute approximate surface area is 133 Å². The molecule has 1 heterocycles. The summed E-state index contributed by atoms with van der Waals surface area (Å²) in [5, 5.41) is 0. The molecule has 0 saturated carbocycles. The zero-order chi connectivity index (χ0) is 16.7. The fourth-order valence-electron chi connectivity index (χ4n) is 2.34. The summed E-state index contributed by atoms with van der Waals surface area (Å²) in [6.45, 7) is 7.68. The van der Waals surface area contributed by atoms with Crippen molar-refractivity contribution in [1.82, 2.24) is 0 Å². The van der Waals surface area contributed by atoms with E-state index in [9.17, 15) is 9.59 Å². The Morgan fingerprint density at radius 3 is 2.50 bits per heavy atom. The van der Waals surface area contributed by atoms with Crippen LogP contribution in [0.1, 0.15) is 38.1 Å². The number of carbonyl (C=O) groups excluding carboxylic acids is 2. The summed E-state index contributed by atoms with van der Waals surface area (Å²) in [6.07, 6.45) is 0. The average Bonchev–Trinajstić information content (AvgIpc) is 2.37. The highest BCUT2D eigenvalue weighted by Gasteiger charge is 2.41. The molecule has 2 rings (SSSR count). The molecule has 4 N–H and O–H groups in total. The van der Waals surface area contributed by atoms with E-state index in [1.54, 1.807) is 23.1 Å². The number of carbonyl (C=O) groups is 2. The highest BCUT2D eigenvalue weighted by atomic mass is 32.2. The van der Waals surface area contributed by atoms with Gasteiger partial charge in [-0.05, 0) is 45.9 Å². The number of nitrogens with zero attached hydrogens (tertiary/aromatic N) is 2. The van der Waals surface area contributed by atoms with E-state index in [0.29, 0.717) is 5.56 Å². The van der Waals surface area contributed by atoms with Crippen molar-refractivity contribution in [2.45, 2.75) is 43.4 Å². The van der Waals surface area contributed by atoms with E-state index in [1.807, 2.05) is 27.7 Å². The minimum absolute atomic E-state index is 0.0330. The van der Waals surface area contributed by atoms with Crippen LogP contribution in [-0.2, 0) is 4.79 Å². The summed E-state index contributed by atoms with van der Waals surface area (Å²) in [7, 11) is 0. The van der Waals surface area contributed by atoms with Gasteiger partial charge in [0.1, 0.15) is 0 Å². The van der Waals surface area contributed by atoms with E-state index in [4.69, 9.17) is 11.5 Å². The van der Waals surface area contributed by atoms with Gasteiger partial charge in [0.15, 0.2) is 5.96 Å². The zero-order valence-electron chi connectivity index (χ0n) is 13.1. The molecule has 1 aliphatic heterocycles. The van der Waals surface area contributed by atoms with Crippen LogP contribution in [0.2, 0.25) is 0 Å². The number of hydrogen-bond acceptors (Lipinski definition) is 3. The highest BCUT2D eigenvalue weighted by Crippen LogP contribution is 2.46. The van der Waals surface area contributed by atoms with Crippen molar-refractivity contribution in [3.05, 3.63) is 23.8 Å². The smallest absolute Gasteiger partial charge is 0.280 e. The van der Waals surface area contributed by atoms with Crippen LogP contribution >= 0.6 is 11.8 Å². The van der Waals surface area contributed by atoms with Gasteiger partial charge < -0.3 is 16.4 Å². The number of rotatable bonds is 2. The molecule has 22 heavy (non-hydrogen) atoms. The summed E-state index contributed by atoms with van der Waals surface area (Å²) >= 11 is 1.44. The first-order chi connectivity index (χ1) is 10.1. The topological polar surface area (TPSA) is 102 Å². The van der Waals surface area contributed by atoms with Crippen LogP contribution in [0.15, 0.2) is 28.1 Å². The van der Waals surface area contributed by atoms with Crippen molar-refractivity contribution < 1.29 is 9.59 Å². The van der Waals surface area contributed by atoms with Gasteiger partial charge in [0, 0.05) is 16.5 Å². The lowest BCUT2D eigenvalue weighted by Crippen LogP contribution is -2.49. The van der Waals surface area contributed by atoms with Crippen molar-refractivity contribution in [3.63, 3.8) is 0 Å². The van der Waals surface area contributed by atoms with E-state index in [-0.39, 0.29) is 17.9 Å². The van der Waals surface area contributed by atoms with E-state index in [2.05, 4.69) is 4.99 Å². The molecule has 2 amide bonds. The molecular formula is C15H20N4O2S. The van der Waals surface area contributed by atoms with Crippen molar-refractivity contribution >= 4 is 35.2 Å². The van der Waals surface area contributed by atoms with Gasteiger partial charge >= 0.3 is 0 Å². The summed E-state index contributed by atoms with van der Waals surface area (Å²) in [4.78, 5) is 30.7. The minimum Gasteiger partial charge on any atom is -0.370 e. The number of anilines is 1. The third kappa shape index (κ3) is 2.94. The Morgan fingerprint density at radius 1 is 1.32 bits per heavy atom. The number of aliphatic imine (C=N–C) groups is 1. The standard InChI is InChI=1S/C15H20N4O2S/c1-8(2)19-10-6-5-9(12(20)18-14(16)17)7-11(10)22-15(3,4)13(19)21/h5-8H,1-4H3,(H4,16,17,18,20). The van der Waals surface area contributed by atoms with Gasteiger partial charge in [-0.25, -0.2) is 0 Å². The predicted molar refractivity (Wildman–Crippen MR) is 89.1 cm³/mol. The quantitative estimate of drug-likeness (QED) is 0.638. The largest absolute Gasteiger partial charge is 0.370 e. The normalized spacial score (nSPS) is 16.4. The van der Waals surface area contributed by atoms with Gasteiger partial charge in [-0.3, -0.25) is 9.59 Å². The Kier molecular flexibility index (Phi) is 4.19. The number of guanidine groups is 1. The van der Waals surface area contributed by atoms with E-state index in [0.717, 1.165) is 10.6 Å². The Bertz CT molecular complexity index is 664. The molecule has 1 aromatic carbocycles. The van der Waals surface area contributed by atoms with Crippen molar-refractivity contribution in [1.29, 1.82) is 0 Å². The van der Waals surface area contributed by atoms with Crippen LogP contribution in [0.25, 0.3) is 0 Å². The molecule has 0 bridgehead atoms. The third-order valence-electron chi connectivity index (χ3n) is 3.31. The zero-order valence-corrected chi connectivity index (χ0v) is 13.9. The Hall–Kier alpha value is -2.02. The molecule has 0 saturated heterocycles. The van der Waals surface area contributed by atoms with Crippen LogP contribution in [0.5, 0.6) is 0 Å². The highest BCUT2D eigenvalue weighted by molar-refractivity contribution is 8.01. The second-order valence-corrected chi connectivity index (χ2v) is 7.57. The summed E-state index contributed by atoms with van der Waals surface area (Å²) in [5.74, 6) is -0.702. The van der Waals surface area contributed by atoms with Gasteiger partial charge in [-0.1, -0.05) is 0 Å². The fourth-order valence-corrected chi connectivity index (χ4v) is 3.53. The molecule has 0 unspecified atom stereocenters. The maximum Gasteiger partial charge on any atom is 0.280 e. The number of nitrogens with two attached hydrogens (primary N) is 2. The number of amides is 2. The summed E-state index contributed by atoms with van der Waals surface area (Å²) in [6, 6.07) is 5.17. The van der Waals surface area contributed by atoms with Crippen LogP contribution in [-0.4, -0.2) is 28.6 Å². The van der Waals surface area contributed by atoms with Gasteiger partial charge in [-0.2, -0.15) is 4.99 Å². The molecule has 1 aliphatic rings. The third-order valence-corrected chi connectivity index (χ3v) is 4.54. The first kappa shape index (κ1) is 16.4. The lowest BCUT2D eigenvalue weighted by Gasteiger charge is -2.40. The van der Waals surface area contributed by atoms with Crippen molar-refractivity contribution in [2.75, 3.05) is 4.90 Å². The number of fused-ring (bicyclic) bond motifs is 1. The molecule has 0 atom stereocenters. The second-order valence-electron chi connectivity index (χ2n) is 5.91. The Balaban J connectivity index is 2.52. The monoisotopic (exact) mass is 320 g/mol. The van der Waals surface area contributed by atoms with Gasteiger partial charge in [0.05, 0.1) is 10.4 Å². The molecule has 0 spiro atoms. The SMILES string of the molecule is CC(C)N1C(=O)C(C)(C)Sc2cc(C(=O)N=C(N)N)ccc21.